The van der Waals surface area contributed by atoms with E-state index >= 15 is 0 Å². The Morgan fingerprint density at radius 1 is 0.871 bits per heavy atom. The zero-order chi connectivity index (χ0) is 22.0. The molecule has 0 aliphatic carbocycles. The molecule has 0 saturated heterocycles. The highest BCUT2D eigenvalue weighted by Gasteiger charge is 2.22. The minimum atomic E-state index is -3.94. The summed E-state index contributed by atoms with van der Waals surface area (Å²) in [6.07, 6.45) is 0. The van der Waals surface area contributed by atoms with Crippen LogP contribution in [-0.4, -0.2) is 21.4 Å². The van der Waals surface area contributed by atoms with Gasteiger partial charge in [0, 0.05) is 23.7 Å². The average molecular weight is 434 g/mol. The summed E-state index contributed by atoms with van der Waals surface area (Å²) in [5.41, 5.74) is 1.16. The highest BCUT2D eigenvalue weighted by molar-refractivity contribution is 7.92. The Labute approximate surface area is 179 Å². The first-order valence-electron chi connectivity index (χ1n) is 9.50. The molecule has 0 heterocycles. The normalized spacial score (nSPS) is 11.3. The van der Waals surface area contributed by atoms with Crippen LogP contribution < -0.4 is 9.62 Å². The first-order chi connectivity index (χ1) is 14.9. The van der Waals surface area contributed by atoms with Gasteiger partial charge in [-0.2, -0.15) is 0 Å². The van der Waals surface area contributed by atoms with E-state index in [0.717, 1.165) is 15.1 Å². The lowest BCUT2D eigenvalue weighted by atomic mass is 10.1. The van der Waals surface area contributed by atoms with Gasteiger partial charge >= 0.3 is 0 Å². The Bertz CT molecular complexity index is 1360. The highest BCUT2D eigenvalue weighted by Crippen LogP contribution is 2.25. The third-order valence-electron chi connectivity index (χ3n) is 4.98. The molecule has 1 amide bonds. The minimum Gasteiger partial charge on any atom is -0.321 e. The lowest BCUT2D eigenvalue weighted by molar-refractivity contribution is 0.102. The molecule has 0 bridgehead atoms. The van der Waals surface area contributed by atoms with Crippen LogP contribution in [0.1, 0.15) is 10.4 Å². The Balaban J connectivity index is 1.63. The smallest absolute Gasteiger partial charge is 0.264 e. The molecule has 0 saturated carbocycles. The van der Waals surface area contributed by atoms with Crippen LogP contribution in [-0.2, 0) is 10.0 Å². The van der Waals surface area contributed by atoms with Crippen molar-refractivity contribution in [1.29, 1.82) is 0 Å². The van der Waals surface area contributed by atoms with Gasteiger partial charge in [0.05, 0.1) is 10.6 Å². The van der Waals surface area contributed by atoms with Crippen molar-refractivity contribution in [1.82, 2.24) is 0 Å². The second-order valence-corrected chi connectivity index (χ2v) is 8.93. The van der Waals surface area contributed by atoms with E-state index in [1.165, 1.54) is 49.5 Å². The number of sulfonamides is 1. The molecule has 156 valence electrons. The van der Waals surface area contributed by atoms with Crippen molar-refractivity contribution in [2.75, 3.05) is 16.7 Å². The molecule has 0 radical (unpaired) electrons. The van der Waals surface area contributed by atoms with Crippen LogP contribution >= 0.6 is 0 Å². The molecule has 0 aliphatic rings. The number of carbonyl (C=O) groups is 1. The van der Waals surface area contributed by atoms with Gasteiger partial charge in [0.25, 0.3) is 15.9 Å². The largest absolute Gasteiger partial charge is 0.321 e. The molecule has 1 N–H and O–H groups in total. The summed E-state index contributed by atoms with van der Waals surface area (Å²) in [5.74, 6) is -0.875. The lowest BCUT2D eigenvalue weighted by Gasteiger charge is -2.20. The molecule has 0 atom stereocenters. The first-order valence-corrected chi connectivity index (χ1v) is 10.9. The maximum absolute atomic E-state index is 13.2. The fraction of sp³-hybridized carbons (Fsp3) is 0.0417. The van der Waals surface area contributed by atoms with E-state index in [4.69, 9.17) is 0 Å². The van der Waals surface area contributed by atoms with Crippen molar-refractivity contribution < 1.29 is 17.6 Å². The van der Waals surface area contributed by atoms with E-state index in [0.29, 0.717) is 11.4 Å². The number of hydrogen-bond donors (Lipinski definition) is 1. The molecule has 0 fully saturated rings. The number of benzene rings is 4. The highest BCUT2D eigenvalue weighted by atomic mass is 32.2. The first kappa shape index (κ1) is 20.6. The van der Waals surface area contributed by atoms with Gasteiger partial charge in [-0.1, -0.05) is 42.5 Å². The van der Waals surface area contributed by atoms with E-state index in [2.05, 4.69) is 5.32 Å². The van der Waals surface area contributed by atoms with Crippen molar-refractivity contribution in [3.05, 3.63) is 102 Å². The molecule has 0 aromatic heterocycles. The van der Waals surface area contributed by atoms with Crippen molar-refractivity contribution >= 4 is 38.1 Å². The van der Waals surface area contributed by atoms with E-state index in [-0.39, 0.29) is 10.5 Å². The Hall–Kier alpha value is -3.71. The summed E-state index contributed by atoms with van der Waals surface area (Å²) in [5, 5.41) is 4.73. The maximum Gasteiger partial charge on any atom is 0.264 e. The fourth-order valence-electron chi connectivity index (χ4n) is 3.27. The van der Waals surface area contributed by atoms with Crippen molar-refractivity contribution in [3.63, 3.8) is 0 Å². The van der Waals surface area contributed by atoms with Crippen LogP contribution in [0.15, 0.2) is 95.9 Å². The van der Waals surface area contributed by atoms with E-state index in [9.17, 15) is 17.6 Å². The topological polar surface area (TPSA) is 66.5 Å². The molecule has 0 spiro atoms. The Kier molecular flexibility index (Phi) is 5.44. The number of carbonyl (C=O) groups excluding carboxylic acids is 1. The van der Waals surface area contributed by atoms with Crippen molar-refractivity contribution in [2.45, 2.75) is 4.90 Å². The number of amides is 1. The lowest BCUT2D eigenvalue weighted by Crippen LogP contribution is -2.26. The van der Waals surface area contributed by atoms with Crippen LogP contribution in [0.4, 0.5) is 15.8 Å². The summed E-state index contributed by atoms with van der Waals surface area (Å²) >= 11 is 0. The summed E-state index contributed by atoms with van der Waals surface area (Å²) in [7, 11) is -2.56. The minimum absolute atomic E-state index is 0.0371. The quantitative estimate of drug-likeness (QED) is 0.478. The van der Waals surface area contributed by atoms with Gasteiger partial charge in [0.15, 0.2) is 0 Å². The molecule has 0 unspecified atom stereocenters. The van der Waals surface area contributed by atoms with Gasteiger partial charge in [-0.3, -0.25) is 9.10 Å². The van der Waals surface area contributed by atoms with Gasteiger partial charge in [-0.25, -0.2) is 12.8 Å². The van der Waals surface area contributed by atoms with Gasteiger partial charge in [0.1, 0.15) is 5.82 Å². The monoisotopic (exact) mass is 434 g/mol. The van der Waals surface area contributed by atoms with E-state index < -0.39 is 21.7 Å². The van der Waals surface area contributed by atoms with Crippen LogP contribution in [0.3, 0.4) is 0 Å². The van der Waals surface area contributed by atoms with Crippen LogP contribution in [0.2, 0.25) is 0 Å². The Morgan fingerprint density at radius 3 is 2.32 bits per heavy atom. The maximum atomic E-state index is 13.2. The second-order valence-electron chi connectivity index (χ2n) is 6.96. The predicted molar refractivity (Wildman–Crippen MR) is 120 cm³/mol. The Morgan fingerprint density at radius 2 is 1.55 bits per heavy atom. The third kappa shape index (κ3) is 4.13. The number of fused-ring (bicyclic) bond motifs is 1. The number of rotatable bonds is 5. The molecule has 4 rings (SSSR count). The van der Waals surface area contributed by atoms with Gasteiger partial charge < -0.3 is 5.32 Å². The number of hydrogen-bond acceptors (Lipinski definition) is 3. The molecule has 5 nitrogen and oxygen atoms in total. The summed E-state index contributed by atoms with van der Waals surface area (Å²) in [6.45, 7) is 0. The van der Waals surface area contributed by atoms with E-state index in [1.807, 2.05) is 36.4 Å². The summed E-state index contributed by atoms with van der Waals surface area (Å²) in [4.78, 5) is 12.8. The number of halogens is 1. The molecule has 7 heteroatoms. The molecular weight excluding hydrogens is 415 g/mol. The second kappa shape index (κ2) is 8.20. The van der Waals surface area contributed by atoms with Crippen molar-refractivity contribution in [3.8, 4) is 0 Å². The van der Waals surface area contributed by atoms with Gasteiger partial charge in [-0.15, -0.1) is 0 Å². The molecule has 4 aromatic rings. The zero-order valence-corrected chi connectivity index (χ0v) is 17.4. The SMILES string of the molecule is CN(c1ccc(F)cc1)S(=O)(=O)c1cccc(C(=O)Nc2cccc3ccccc23)c1. The van der Waals surface area contributed by atoms with Gasteiger partial charge in [0.2, 0.25) is 0 Å². The zero-order valence-electron chi connectivity index (χ0n) is 16.6. The molecule has 4 aromatic carbocycles. The van der Waals surface area contributed by atoms with Crippen LogP contribution in [0.5, 0.6) is 0 Å². The van der Waals surface area contributed by atoms with Crippen LogP contribution in [0, 0.1) is 5.82 Å². The number of nitrogens with zero attached hydrogens (tertiary/aromatic N) is 1. The molecular formula is C24H19FN2O3S. The van der Waals surface area contributed by atoms with Gasteiger partial charge in [-0.05, 0) is 53.9 Å². The standard InChI is InChI=1S/C24H19FN2O3S/c1-27(20-14-12-19(25)13-15-20)31(29,30)21-9-4-8-18(16-21)24(28)26-23-11-5-7-17-6-2-3-10-22(17)23/h2-16H,1H3,(H,26,28). The number of anilines is 2. The summed E-state index contributed by atoms with van der Waals surface area (Å²) < 4.78 is 40.3. The average Bonchev–Trinajstić information content (AvgIpc) is 2.79. The fourth-order valence-corrected chi connectivity index (χ4v) is 4.52. The summed E-state index contributed by atoms with van der Waals surface area (Å²) in [6, 6.07) is 24.2. The molecule has 31 heavy (non-hydrogen) atoms. The third-order valence-corrected chi connectivity index (χ3v) is 6.76. The van der Waals surface area contributed by atoms with Crippen molar-refractivity contribution in [2.24, 2.45) is 0 Å². The molecule has 0 aliphatic heterocycles. The number of nitrogens with one attached hydrogen (secondary N) is 1. The van der Waals surface area contributed by atoms with Crippen LogP contribution in [0.25, 0.3) is 10.8 Å². The predicted octanol–water partition coefficient (Wildman–Crippen LogP) is 5.06. The van der Waals surface area contributed by atoms with E-state index in [1.54, 1.807) is 12.1 Å².